The molecule has 2 atom stereocenters. The van der Waals surface area contributed by atoms with Gasteiger partial charge in [0.25, 0.3) is 0 Å². The second-order valence-corrected chi connectivity index (χ2v) is 8.01. The van der Waals surface area contributed by atoms with Gasteiger partial charge in [-0.1, -0.05) is 6.92 Å². The van der Waals surface area contributed by atoms with E-state index in [0.29, 0.717) is 23.5 Å². The molecule has 2 heterocycles. The zero-order chi connectivity index (χ0) is 21.1. The molecule has 4 N–H and O–H groups in total. The summed E-state index contributed by atoms with van der Waals surface area (Å²) >= 11 is 0. The largest absolute Gasteiger partial charge is 0.494 e. The number of aromatic nitrogens is 3. The monoisotopic (exact) mass is 415 g/mol. The van der Waals surface area contributed by atoms with E-state index in [-0.39, 0.29) is 23.8 Å². The Morgan fingerprint density at radius 2 is 2.13 bits per heavy atom. The molecular formula is C21H30FN7O. The Balaban J connectivity index is 1.73. The number of nitrogens with one attached hydrogen (secondary N) is 2. The van der Waals surface area contributed by atoms with Gasteiger partial charge in [0.05, 0.1) is 13.2 Å². The van der Waals surface area contributed by atoms with Crippen molar-refractivity contribution < 1.29 is 9.13 Å². The highest BCUT2D eigenvalue weighted by Gasteiger charge is 2.32. The van der Waals surface area contributed by atoms with Crippen LogP contribution in [0.5, 0.6) is 5.75 Å². The van der Waals surface area contributed by atoms with Gasteiger partial charge >= 0.3 is 0 Å². The predicted octanol–water partition coefficient (Wildman–Crippen LogP) is 3.09. The van der Waals surface area contributed by atoms with Gasteiger partial charge in [-0.2, -0.15) is 15.0 Å². The first-order valence-corrected chi connectivity index (χ1v) is 10.7. The van der Waals surface area contributed by atoms with Gasteiger partial charge in [0.1, 0.15) is 0 Å². The third-order valence-corrected chi connectivity index (χ3v) is 5.83. The molecule has 2 aliphatic rings. The maximum absolute atomic E-state index is 14.6. The number of benzene rings is 1. The summed E-state index contributed by atoms with van der Waals surface area (Å²) in [4.78, 5) is 15.3. The molecule has 30 heavy (non-hydrogen) atoms. The number of nitrogens with zero attached hydrogens (tertiary/aromatic N) is 4. The fraction of sp³-hybridized carbons (Fsp3) is 0.571. The van der Waals surface area contributed by atoms with Crippen molar-refractivity contribution in [1.82, 2.24) is 20.3 Å². The zero-order valence-corrected chi connectivity index (χ0v) is 17.6. The quantitative estimate of drug-likeness (QED) is 0.574. The van der Waals surface area contributed by atoms with E-state index >= 15 is 0 Å². The Morgan fingerprint density at radius 3 is 2.77 bits per heavy atom. The van der Waals surface area contributed by atoms with Crippen molar-refractivity contribution in [2.24, 2.45) is 5.92 Å². The van der Waals surface area contributed by atoms with Crippen LogP contribution in [0.1, 0.15) is 39.0 Å². The van der Waals surface area contributed by atoms with Crippen LogP contribution in [0.15, 0.2) is 18.2 Å². The number of nitrogens with two attached hydrogens (primary N) is 1. The Kier molecular flexibility index (Phi) is 6.17. The molecule has 2 aromatic rings. The van der Waals surface area contributed by atoms with E-state index < -0.39 is 5.82 Å². The van der Waals surface area contributed by atoms with Crippen LogP contribution in [0.3, 0.4) is 0 Å². The summed E-state index contributed by atoms with van der Waals surface area (Å²) in [6.45, 7) is 3.91. The van der Waals surface area contributed by atoms with Gasteiger partial charge < -0.3 is 26.0 Å². The number of anilines is 4. The molecule has 162 valence electrons. The van der Waals surface area contributed by atoms with Gasteiger partial charge in [-0.05, 0) is 56.7 Å². The van der Waals surface area contributed by atoms with Crippen LogP contribution in [0.25, 0.3) is 0 Å². The van der Waals surface area contributed by atoms with Crippen molar-refractivity contribution in [3.05, 3.63) is 24.0 Å². The summed E-state index contributed by atoms with van der Waals surface area (Å²) in [6.07, 6.45) is 5.44. The lowest BCUT2D eigenvalue weighted by molar-refractivity contribution is 0.386. The van der Waals surface area contributed by atoms with Gasteiger partial charge in [0.15, 0.2) is 11.6 Å². The fourth-order valence-corrected chi connectivity index (χ4v) is 4.07. The number of hydrogen-bond acceptors (Lipinski definition) is 8. The first kappa shape index (κ1) is 20.6. The highest BCUT2D eigenvalue weighted by Crippen LogP contribution is 2.34. The van der Waals surface area contributed by atoms with Crippen LogP contribution in [-0.4, -0.2) is 47.2 Å². The lowest BCUT2D eigenvalue weighted by Crippen LogP contribution is -2.46. The predicted molar refractivity (Wildman–Crippen MR) is 116 cm³/mol. The number of nitrogen functional groups attached to an aromatic ring is 1. The maximum Gasteiger partial charge on any atom is 0.236 e. The number of rotatable bonds is 9. The smallest absolute Gasteiger partial charge is 0.236 e. The summed E-state index contributed by atoms with van der Waals surface area (Å²) in [5.74, 6) is 1.47. The fourth-order valence-electron chi connectivity index (χ4n) is 4.07. The summed E-state index contributed by atoms with van der Waals surface area (Å²) in [7, 11) is 1.46. The lowest BCUT2D eigenvalue weighted by Gasteiger charge is -2.35. The van der Waals surface area contributed by atoms with E-state index in [1.807, 2.05) is 11.0 Å². The Labute approximate surface area is 176 Å². The molecule has 4 rings (SSSR count). The first-order chi connectivity index (χ1) is 14.6. The molecule has 8 nitrogen and oxygen atoms in total. The van der Waals surface area contributed by atoms with Gasteiger partial charge in [-0.15, -0.1) is 0 Å². The van der Waals surface area contributed by atoms with E-state index in [0.717, 1.165) is 32.4 Å². The van der Waals surface area contributed by atoms with Crippen molar-refractivity contribution >= 4 is 23.5 Å². The molecule has 1 aromatic heterocycles. The molecule has 1 saturated carbocycles. The summed E-state index contributed by atoms with van der Waals surface area (Å²) < 4.78 is 19.7. The summed E-state index contributed by atoms with van der Waals surface area (Å²) in [5.41, 5.74) is 6.69. The summed E-state index contributed by atoms with van der Waals surface area (Å²) in [6, 6.07) is 5.22. The van der Waals surface area contributed by atoms with Gasteiger partial charge in [-0.25, -0.2) is 4.39 Å². The minimum atomic E-state index is -0.427. The van der Waals surface area contributed by atoms with Gasteiger partial charge in [0, 0.05) is 24.3 Å². The van der Waals surface area contributed by atoms with Crippen molar-refractivity contribution in [1.29, 1.82) is 0 Å². The zero-order valence-electron chi connectivity index (χ0n) is 17.6. The first-order valence-electron chi connectivity index (χ1n) is 10.7. The third kappa shape index (κ3) is 4.56. The van der Waals surface area contributed by atoms with Crippen LogP contribution >= 0.6 is 0 Å². The van der Waals surface area contributed by atoms with E-state index in [9.17, 15) is 4.39 Å². The molecule has 9 heteroatoms. The van der Waals surface area contributed by atoms with Crippen LogP contribution in [-0.2, 0) is 0 Å². The molecule has 1 aliphatic carbocycles. The second kappa shape index (κ2) is 8.99. The van der Waals surface area contributed by atoms with Crippen molar-refractivity contribution in [3.63, 3.8) is 0 Å². The Bertz CT molecular complexity index is 870. The van der Waals surface area contributed by atoms with Gasteiger partial charge in [0.2, 0.25) is 17.8 Å². The van der Waals surface area contributed by atoms with Crippen molar-refractivity contribution in [3.8, 4) is 5.75 Å². The molecule has 2 fully saturated rings. The average Bonchev–Trinajstić information content (AvgIpc) is 3.41. The normalized spacial score (nSPS) is 19.5. The molecule has 0 bridgehead atoms. The molecular weight excluding hydrogens is 385 g/mol. The Hall–Kier alpha value is -2.68. The van der Waals surface area contributed by atoms with E-state index in [1.165, 1.54) is 26.0 Å². The van der Waals surface area contributed by atoms with Crippen molar-refractivity contribution in [2.75, 3.05) is 36.1 Å². The van der Waals surface area contributed by atoms with Crippen LogP contribution in [0.4, 0.5) is 27.9 Å². The number of hydrogen-bond donors (Lipinski definition) is 3. The summed E-state index contributed by atoms with van der Waals surface area (Å²) in [5, 5.41) is 6.84. The average molecular weight is 416 g/mol. The maximum atomic E-state index is 14.6. The van der Waals surface area contributed by atoms with Crippen LogP contribution < -0.4 is 26.0 Å². The topological polar surface area (TPSA) is 101 Å². The number of ether oxygens (including phenoxy) is 1. The standard InChI is InChI=1S/C21H30FN7O/c1-3-17(16-5-4-10-24-16)29(14-8-9-18(30-2)15(22)11-14)21-27-19(23)26-20(28-21)25-12-13-6-7-13/h8-9,11,13,16-17,24H,3-7,10,12H2,1-2H3,(H3,23,25,26,27,28). The third-order valence-electron chi connectivity index (χ3n) is 5.83. The van der Waals surface area contributed by atoms with Crippen LogP contribution in [0.2, 0.25) is 0 Å². The molecule has 2 unspecified atom stereocenters. The number of halogens is 1. The minimum absolute atomic E-state index is 0.0402. The molecule has 1 aromatic carbocycles. The second-order valence-electron chi connectivity index (χ2n) is 8.01. The lowest BCUT2D eigenvalue weighted by atomic mass is 10.0. The number of methoxy groups -OCH3 is 1. The van der Waals surface area contributed by atoms with Gasteiger partial charge in [-0.3, -0.25) is 0 Å². The molecule has 0 amide bonds. The molecule has 1 saturated heterocycles. The molecule has 0 spiro atoms. The van der Waals surface area contributed by atoms with E-state index in [1.54, 1.807) is 6.07 Å². The molecule has 1 aliphatic heterocycles. The SMILES string of the molecule is CCC(C1CCCN1)N(c1ccc(OC)c(F)c1)c1nc(N)nc(NCC2CC2)n1. The minimum Gasteiger partial charge on any atom is -0.494 e. The van der Waals surface area contributed by atoms with Crippen molar-refractivity contribution in [2.45, 2.75) is 51.1 Å². The highest BCUT2D eigenvalue weighted by atomic mass is 19.1. The highest BCUT2D eigenvalue weighted by molar-refractivity contribution is 5.61. The molecule has 0 radical (unpaired) electrons. The van der Waals surface area contributed by atoms with E-state index in [4.69, 9.17) is 10.5 Å². The Morgan fingerprint density at radius 1 is 1.30 bits per heavy atom. The van der Waals surface area contributed by atoms with Crippen LogP contribution in [0, 0.1) is 11.7 Å². The van der Waals surface area contributed by atoms with E-state index in [2.05, 4.69) is 32.5 Å².